The Balaban J connectivity index is 1.84. The minimum Gasteiger partial charge on any atom is -0.435 e. The number of halogens is 2. The highest BCUT2D eigenvalue weighted by Gasteiger charge is 2.12. The van der Waals surface area contributed by atoms with Crippen LogP contribution in [0.15, 0.2) is 42.5 Å². The summed E-state index contributed by atoms with van der Waals surface area (Å²) in [4.78, 5) is 25.7. The quantitative estimate of drug-likeness (QED) is 0.755. The Morgan fingerprint density at radius 3 is 2.57 bits per heavy atom. The predicted octanol–water partition coefficient (Wildman–Crippen LogP) is 3.68. The van der Waals surface area contributed by atoms with E-state index in [1.54, 1.807) is 30.1 Å². The van der Waals surface area contributed by atoms with E-state index in [4.69, 9.17) is 0 Å². The van der Waals surface area contributed by atoms with Gasteiger partial charge >= 0.3 is 12.6 Å². The summed E-state index contributed by atoms with van der Waals surface area (Å²) >= 11 is 0. The number of imide groups is 1. The van der Waals surface area contributed by atoms with E-state index in [2.05, 4.69) is 15.4 Å². The number of likely N-dealkylation sites (N-methyl/N-ethyl adjacent to an activating group) is 1. The molecule has 0 saturated carbocycles. The van der Waals surface area contributed by atoms with Gasteiger partial charge in [0.05, 0.1) is 6.54 Å². The van der Waals surface area contributed by atoms with Crippen molar-refractivity contribution in [2.75, 3.05) is 18.9 Å². The number of anilines is 1. The highest BCUT2D eigenvalue weighted by molar-refractivity contribution is 6.02. The van der Waals surface area contributed by atoms with E-state index in [9.17, 15) is 18.4 Å². The Bertz CT molecular complexity index is 843. The number of carbonyl (C=O) groups is 2. The normalized spacial score (nSPS) is 10.8. The van der Waals surface area contributed by atoms with Crippen LogP contribution in [-0.2, 0) is 11.3 Å². The highest BCUT2D eigenvalue weighted by Crippen LogP contribution is 2.17. The van der Waals surface area contributed by atoms with Crippen LogP contribution in [0.3, 0.4) is 0 Å². The maximum absolute atomic E-state index is 12.3. The molecule has 0 radical (unpaired) electrons. The van der Waals surface area contributed by atoms with Crippen LogP contribution >= 0.6 is 0 Å². The molecule has 0 saturated heterocycles. The van der Waals surface area contributed by atoms with Gasteiger partial charge in [-0.2, -0.15) is 8.78 Å². The fourth-order valence-electron chi connectivity index (χ4n) is 2.71. The first kappa shape index (κ1) is 21.3. The number of alkyl halides is 2. The van der Waals surface area contributed by atoms with E-state index in [1.807, 2.05) is 26.0 Å². The highest BCUT2D eigenvalue weighted by atomic mass is 19.3. The molecule has 0 bridgehead atoms. The van der Waals surface area contributed by atoms with Crippen molar-refractivity contribution in [2.45, 2.75) is 27.0 Å². The van der Waals surface area contributed by atoms with E-state index < -0.39 is 18.5 Å². The number of aryl methyl sites for hydroxylation is 2. The van der Waals surface area contributed by atoms with Gasteiger partial charge in [-0.1, -0.05) is 29.8 Å². The molecule has 2 rings (SSSR count). The summed E-state index contributed by atoms with van der Waals surface area (Å²) in [7, 11) is 1.68. The molecular formula is C20H23F2N3O3. The molecule has 0 aliphatic rings. The lowest BCUT2D eigenvalue weighted by Crippen LogP contribution is -2.40. The second-order valence-electron chi connectivity index (χ2n) is 6.52. The smallest absolute Gasteiger partial charge is 0.387 e. The van der Waals surface area contributed by atoms with Crippen LogP contribution in [0.2, 0.25) is 0 Å². The monoisotopic (exact) mass is 391 g/mol. The predicted molar refractivity (Wildman–Crippen MR) is 102 cm³/mol. The lowest BCUT2D eigenvalue weighted by atomic mass is 10.1. The fourth-order valence-corrected chi connectivity index (χ4v) is 2.71. The van der Waals surface area contributed by atoms with Crippen molar-refractivity contribution < 1.29 is 23.1 Å². The number of carbonyl (C=O) groups excluding carboxylic acids is 2. The van der Waals surface area contributed by atoms with Gasteiger partial charge in [0.15, 0.2) is 0 Å². The zero-order valence-corrected chi connectivity index (χ0v) is 16.0. The Kier molecular flexibility index (Phi) is 7.45. The molecule has 0 spiro atoms. The van der Waals surface area contributed by atoms with E-state index in [0.29, 0.717) is 17.8 Å². The number of ether oxygens (including phenoxy) is 1. The molecule has 0 heterocycles. The topological polar surface area (TPSA) is 70.7 Å². The molecule has 8 heteroatoms. The van der Waals surface area contributed by atoms with Gasteiger partial charge in [0, 0.05) is 12.2 Å². The van der Waals surface area contributed by atoms with Crippen molar-refractivity contribution in [2.24, 2.45) is 0 Å². The fraction of sp³-hybridized carbons (Fsp3) is 0.300. The van der Waals surface area contributed by atoms with Crippen LogP contribution in [0.25, 0.3) is 0 Å². The van der Waals surface area contributed by atoms with E-state index in [-0.39, 0.29) is 12.3 Å². The van der Waals surface area contributed by atoms with Gasteiger partial charge < -0.3 is 10.1 Å². The first-order valence-corrected chi connectivity index (χ1v) is 8.63. The zero-order valence-electron chi connectivity index (χ0n) is 16.0. The maximum atomic E-state index is 12.3. The molecule has 28 heavy (non-hydrogen) atoms. The van der Waals surface area contributed by atoms with E-state index in [0.717, 1.165) is 11.1 Å². The number of amides is 3. The number of nitrogens with one attached hydrogen (secondary N) is 2. The Labute approximate surface area is 162 Å². The molecule has 0 aliphatic heterocycles. The molecule has 2 aromatic rings. The summed E-state index contributed by atoms with van der Waals surface area (Å²) in [6.45, 7) is 1.21. The molecule has 0 aromatic heterocycles. The standard InChI is InChI=1S/C20H23F2N3O3/c1-13-7-8-17(14(2)9-13)23-20(27)24-18(26)12-25(3)11-15-5-4-6-16(10-15)28-19(21)22/h4-10,19H,11-12H2,1-3H3,(H2,23,24,26,27). The minimum absolute atomic E-state index is 0.0414. The van der Waals surface area contributed by atoms with E-state index in [1.165, 1.54) is 12.1 Å². The molecular weight excluding hydrogens is 368 g/mol. The number of hydrogen-bond acceptors (Lipinski definition) is 4. The molecule has 6 nitrogen and oxygen atoms in total. The molecule has 0 atom stereocenters. The average molecular weight is 391 g/mol. The third kappa shape index (κ3) is 6.96. The molecule has 2 aromatic carbocycles. The molecule has 2 N–H and O–H groups in total. The van der Waals surface area contributed by atoms with Crippen molar-refractivity contribution in [1.82, 2.24) is 10.2 Å². The molecule has 0 unspecified atom stereocenters. The Morgan fingerprint density at radius 1 is 1.14 bits per heavy atom. The van der Waals surface area contributed by atoms with Crippen LogP contribution in [0, 0.1) is 13.8 Å². The minimum atomic E-state index is -2.89. The molecule has 0 fully saturated rings. The summed E-state index contributed by atoms with van der Waals surface area (Å²) in [6, 6.07) is 11.2. The summed E-state index contributed by atoms with van der Waals surface area (Å²) in [5.41, 5.74) is 3.29. The largest absolute Gasteiger partial charge is 0.435 e. The van der Waals surface area contributed by atoms with Crippen molar-refractivity contribution in [3.63, 3.8) is 0 Å². The summed E-state index contributed by atoms with van der Waals surface area (Å²) in [6.07, 6.45) is 0. The lowest BCUT2D eigenvalue weighted by molar-refractivity contribution is -0.120. The second kappa shape index (κ2) is 9.80. The van der Waals surface area contributed by atoms with Crippen molar-refractivity contribution >= 4 is 17.6 Å². The van der Waals surface area contributed by atoms with Gasteiger partial charge in [-0.3, -0.25) is 15.0 Å². The van der Waals surface area contributed by atoms with Crippen molar-refractivity contribution in [1.29, 1.82) is 0 Å². The second-order valence-corrected chi connectivity index (χ2v) is 6.52. The van der Waals surface area contributed by atoms with Crippen molar-refractivity contribution in [3.05, 3.63) is 59.2 Å². The first-order valence-electron chi connectivity index (χ1n) is 8.63. The van der Waals surface area contributed by atoms with Crippen LogP contribution in [0.4, 0.5) is 19.3 Å². The zero-order chi connectivity index (χ0) is 20.7. The van der Waals surface area contributed by atoms with Gasteiger partial charge in [-0.05, 0) is 50.2 Å². The van der Waals surface area contributed by atoms with Gasteiger partial charge in [0.1, 0.15) is 5.75 Å². The number of rotatable bonds is 7. The van der Waals surface area contributed by atoms with Gasteiger partial charge in [0.2, 0.25) is 5.91 Å². The third-order valence-corrected chi connectivity index (χ3v) is 3.87. The van der Waals surface area contributed by atoms with Crippen LogP contribution < -0.4 is 15.4 Å². The summed E-state index contributed by atoms with van der Waals surface area (Å²) in [5, 5.41) is 4.91. The number of nitrogens with zero attached hydrogens (tertiary/aromatic N) is 1. The van der Waals surface area contributed by atoms with E-state index >= 15 is 0 Å². The van der Waals surface area contributed by atoms with Crippen LogP contribution in [-0.4, -0.2) is 37.0 Å². The Morgan fingerprint density at radius 2 is 1.89 bits per heavy atom. The van der Waals surface area contributed by atoms with Gasteiger partial charge in [0.25, 0.3) is 0 Å². The SMILES string of the molecule is Cc1ccc(NC(=O)NC(=O)CN(C)Cc2cccc(OC(F)F)c2)c(C)c1. The maximum Gasteiger partial charge on any atom is 0.387 e. The number of benzene rings is 2. The number of hydrogen-bond donors (Lipinski definition) is 2. The third-order valence-electron chi connectivity index (χ3n) is 3.87. The molecule has 0 aliphatic carbocycles. The summed E-state index contributed by atoms with van der Waals surface area (Å²) < 4.78 is 28.9. The summed E-state index contributed by atoms with van der Waals surface area (Å²) in [5.74, 6) is -0.428. The average Bonchev–Trinajstić information content (AvgIpc) is 2.56. The first-order chi connectivity index (χ1) is 13.2. The van der Waals surface area contributed by atoms with Crippen molar-refractivity contribution in [3.8, 4) is 5.75 Å². The molecule has 3 amide bonds. The van der Waals surface area contributed by atoms with Gasteiger partial charge in [-0.25, -0.2) is 4.79 Å². The molecule has 150 valence electrons. The lowest BCUT2D eigenvalue weighted by Gasteiger charge is -2.17. The Hall–Kier alpha value is -3.00. The van der Waals surface area contributed by atoms with Crippen LogP contribution in [0.1, 0.15) is 16.7 Å². The van der Waals surface area contributed by atoms with Crippen LogP contribution in [0.5, 0.6) is 5.75 Å². The number of urea groups is 1. The van der Waals surface area contributed by atoms with Gasteiger partial charge in [-0.15, -0.1) is 0 Å².